The third-order valence-corrected chi connectivity index (χ3v) is 5.58. The van der Waals surface area contributed by atoms with Crippen molar-refractivity contribution in [1.29, 1.82) is 0 Å². The van der Waals surface area contributed by atoms with Gasteiger partial charge >= 0.3 is 0 Å². The maximum Gasteiger partial charge on any atom is 0.276 e. The Hall–Kier alpha value is -3.47. The van der Waals surface area contributed by atoms with Crippen LogP contribution in [0.3, 0.4) is 0 Å². The molecule has 1 aromatic heterocycles. The molecular formula is C25H25N3O2. The Morgan fingerprint density at radius 3 is 2.77 bits per heavy atom. The molecule has 1 aliphatic rings. The lowest BCUT2D eigenvalue weighted by atomic mass is 10.0. The maximum atomic E-state index is 13.2. The van der Waals surface area contributed by atoms with E-state index in [1.54, 1.807) is 17.0 Å². The lowest BCUT2D eigenvalue weighted by molar-refractivity contribution is 0.0980. The van der Waals surface area contributed by atoms with Gasteiger partial charge in [-0.25, -0.2) is 0 Å². The van der Waals surface area contributed by atoms with Crippen molar-refractivity contribution in [2.24, 2.45) is 0 Å². The summed E-state index contributed by atoms with van der Waals surface area (Å²) in [4.78, 5) is 32.1. The molecule has 1 aliphatic heterocycles. The van der Waals surface area contributed by atoms with Crippen LogP contribution in [0.1, 0.15) is 50.9 Å². The number of aryl methyl sites for hydroxylation is 3. The van der Waals surface area contributed by atoms with E-state index in [0.29, 0.717) is 12.1 Å². The number of nitrogens with zero attached hydrogens (tertiary/aromatic N) is 2. The van der Waals surface area contributed by atoms with E-state index < -0.39 is 0 Å². The van der Waals surface area contributed by atoms with Crippen molar-refractivity contribution in [2.75, 3.05) is 16.8 Å². The van der Waals surface area contributed by atoms with Crippen LogP contribution in [0.25, 0.3) is 0 Å². The number of amides is 2. The van der Waals surface area contributed by atoms with E-state index in [0.717, 1.165) is 47.3 Å². The molecule has 0 spiro atoms. The number of aromatic nitrogens is 1. The number of rotatable bonds is 4. The standard InChI is InChI=1S/C25H25N3O2/c1-3-18-10-6-8-17(2)23(18)27-24(29)20-13-14-26-21(16-20)25(30)28-15-7-11-19-9-4-5-12-22(19)28/h4-6,8-10,12-14,16H,3,7,11,15H2,1-2H3,(H,27,29). The number of nitrogens with one attached hydrogen (secondary N) is 1. The average Bonchev–Trinajstić information content (AvgIpc) is 2.79. The van der Waals surface area contributed by atoms with Crippen LogP contribution in [0.2, 0.25) is 0 Å². The predicted molar refractivity (Wildman–Crippen MR) is 119 cm³/mol. The zero-order valence-electron chi connectivity index (χ0n) is 17.3. The van der Waals surface area contributed by atoms with Gasteiger partial charge in [-0.05, 0) is 61.1 Å². The third kappa shape index (κ3) is 3.83. The molecule has 30 heavy (non-hydrogen) atoms. The molecule has 1 N–H and O–H groups in total. The van der Waals surface area contributed by atoms with Crippen LogP contribution < -0.4 is 10.2 Å². The first-order valence-electron chi connectivity index (χ1n) is 10.3. The lowest BCUT2D eigenvalue weighted by Crippen LogP contribution is -2.36. The van der Waals surface area contributed by atoms with Crippen LogP contribution in [0.15, 0.2) is 60.8 Å². The van der Waals surface area contributed by atoms with Gasteiger partial charge in [-0.15, -0.1) is 0 Å². The Labute approximate surface area is 176 Å². The van der Waals surface area contributed by atoms with Gasteiger partial charge in [0.15, 0.2) is 0 Å². The number of hydrogen-bond acceptors (Lipinski definition) is 3. The SMILES string of the molecule is CCc1cccc(C)c1NC(=O)c1ccnc(C(=O)N2CCCc3ccccc32)c1. The molecule has 0 saturated heterocycles. The normalized spacial score (nSPS) is 12.9. The van der Waals surface area contributed by atoms with Crippen LogP contribution in [-0.4, -0.2) is 23.3 Å². The molecule has 2 heterocycles. The van der Waals surface area contributed by atoms with E-state index in [1.807, 2.05) is 43.3 Å². The number of benzene rings is 2. The molecule has 0 unspecified atom stereocenters. The lowest BCUT2D eigenvalue weighted by Gasteiger charge is -2.29. The van der Waals surface area contributed by atoms with Gasteiger partial charge in [-0.3, -0.25) is 14.6 Å². The quantitative estimate of drug-likeness (QED) is 0.686. The molecule has 2 amide bonds. The molecule has 2 aromatic carbocycles. The monoisotopic (exact) mass is 399 g/mol. The highest BCUT2D eigenvalue weighted by Gasteiger charge is 2.24. The number of pyridine rings is 1. The average molecular weight is 399 g/mol. The summed E-state index contributed by atoms with van der Waals surface area (Å²) in [5.74, 6) is -0.420. The minimum Gasteiger partial charge on any atom is -0.321 e. The number of anilines is 2. The Morgan fingerprint density at radius 2 is 1.93 bits per heavy atom. The van der Waals surface area contributed by atoms with Crippen molar-refractivity contribution in [3.8, 4) is 0 Å². The summed E-state index contributed by atoms with van der Waals surface area (Å²) in [7, 11) is 0. The molecule has 4 rings (SSSR count). The van der Waals surface area contributed by atoms with Crippen LogP contribution in [0, 0.1) is 6.92 Å². The van der Waals surface area contributed by atoms with Gasteiger partial charge in [0.05, 0.1) is 0 Å². The number of para-hydroxylation sites is 2. The fourth-order valence-corrected chi connectivity index (χ4v) is 3.96. The highest BCUT2D eigenvalue weighted by atomic mass is 16.2. The van der Waals surface area contributed by atoms with Crippen LogP contribution in [0.5, 0.6) is 0 Å². The topological polar surface area (TPSA) is 62.3 Å². The van der Waals surface area contributed by atoms with Gasteiger partial charge in [0.1, 0.15) is 5.69 Å². The molecule has 0 fully saturated rings. The molecule has 0 bridgehead atoms. The fraction of sp³-hybridized carbons (Fsp3) is 0.240. The van der Waals surface area contributed by atoms with Gasteiger partial charge in [-0.1, -0.05) is 43.3 Å². The molecular weight excluding hydrogens is 374 g/mol. The zero-order valence-corrected chi connectivity index (χ0v) is 17.3. The Bertz CT molecular complexity index is 1110. The van der Waals surface area contributed by atoms with Gasteiger partial charge in [0.25, 0.3) is 11.8 Å². The smallest absolute Gasteiger partial charge is 0.276 e. The molecule has 0 saturated carbocycles. The van der Waals surface area contributed by atoms with Crippen molar-refractivity contribution in [3.63, 3.8) is 0 Å². The van der Waals surface area contributed by atoms with Gasteiger partial charge in [0.2, 0.25) is 0 Å². The minimum absolute atomic E-state index is 0.179. The summed E-state index contributed by atoms with van der Waals surface area (Å²) in [5.41, 5.74) is 5.72. The van der Waals surface area contributed by atoms with E-state index in [4.69, 9.17) is 0 Å². The first kappa shape index (κ1) is 19.8. The summed E-state index contributed by atoms with van der Waals surface area (Å²) >= 11 is 0. The second-order valence-corrected chi connectivity index (χ2v) is 7.54. The zero-order chi connectivity index (χ0) is 21.1. The molecule has 0 aliphatic carbocycles. The summed E-state index contributed by atoms with van der Waals surface area (Å²) in [6.45, 7) is 4.69. The molecule has 5 heteroatoms. The first-order chi connectivity index (χ1) is 14.6. The highest BCUT2D eigenvalue weighted by molar-refractivity contribution is 6.09. The molecule has 0 atom stereocenters. The Balaban J connectivity index is 1.59. The van der Waals surface area contributed by atoms with Crippen molar-refractivity contribution >= 4 is 23.2 Å². The Kier molecular flexibility index (Phi) is 5.61. The van der Waals surface area contributed by atoms with Crippen LogP contribution in [-0.2, 0) is 12.8 Å². The van der Waals surface area contributed by atoms with Crippen molar-refractivity contribution in [3.05, 3.63) is 88.7 Å². The highest BCUT2D eigenvalue weighted by Crippen LogP contribution is 2.28. The summed E-state index contributed by atoms with van der Waals surface area (Å²) in [6, 6.07) is 17.2. The number of fused-ring (bicyclic) bond motifs is 1. The number of hydrogen-bond donors (Lipinski definition) is 1. The second kappa shape index (κ2) is 8.49. The first-order valence-corrected chi connectivity index (χ1v) is 10.3. The van der Waals surface area contributed by atoms with Gasteiger partial charge in [0, 0.05) is 29.7 Å². The molecule has 0 radical (unpaired) electrons. The summed E-state index contributed by atoms with van der Waals surface area (Å²) < 4.78 is 0. The predicted octanol–water partition coefficient (Wildman–Crippen LogP) is 4.80. The summed E-state index contributed by atoms with van der Waals surface area (Å²) in [6.07, 6.45) is 4.23. The van der Waals surface area contributed by atoms with Gasteiger partial charge in [-0.2, -0.15) is 0 Å². The number of carbonyl (C=O) groups is 2. The van der Waals surface area contributed by atoms with Crippen LogP contribution >= 0.6 is 0 Å². The van der Waals surface area contributed by atoms with E-state index >= 15 is 0 Å². The van der Waals surface area contributed by atoms with E-state index in [9.17, 15) is 9.59 Å². The fourth-order valence-electron chi connectivity index (χ4n) is 3.96. The largest absolute Gasteiger partial charge is 0.321 e. The number of carbonyl (C=O) groups excluding carboxylic acids is 2. The summed E-state index contributed by atoms with van der Waals surface area (Å²) in [5, 5.41) is 3.02. The molecule has 3 aromatic rings. The van der Waals surface area contributed by atoms with E-state index in [1.165, 1.54) is 6.20 Å². The van der Waals surface area contributed by atoms with Gasteiger partial charge < -0.3 is 10.2 Å². The van der Waals surface area contributed by atoms with E-state index in [2.05, 4.69) is 23.3 Å². The van der Waals surface area contributed by atoms with Crippen molar-refractivity contribution < 1.29 is 9.59 Å². The maximum absolute atomic E-state index is 13.2. The molecule has 152 valence electrons. The Morgan fingerprint density at radius 1 is 1.10 bits per heavy atom. The van der Waals surface area contributed by atoms with E-state index in [-0.39, 0.29) is 17.5 Å². The second-order valence-electron chi connectivity index (χ2n) is 7.54. The molecule has 5 nitrogen and oxygen atoms in total. The van der Waals surface area contributed by atoms with Crippen molar-refractivity contribution in [2.45, 2.75) is 33.1 Å². The van der Waals surface area contributed by atoms with Crippen molar-refractivity contribution in [1.82, 2.24) is 4.98 Å². The minimum atomic E-state index is -0.241. The third-order valence-electron chi connectivity index (χ3n) is 5.58. The van der Waals surface area contributed by atoms with Crippen LogP contribution in [0.4, 0.5) is 11.4 Å².